The first-order valence-electron chi connectivity index (χ1n) is 7.61. The molecule has 0 spiro atoms. The number of nitrogens with one attached hydrogen (secondary N) is 1. The highest BCUT2D eigenvalue weighted by Gasteiger charge is 2.17. The molecule has 0 saturated heterocycles. The van der Waals surface area contributed by atoms with Gasteiger partial charge in [0.05, 0.1) is 5.25 Å². The molecule has 0 unspecified atom stereocenters. The standard InChI is InChI=1S/C16H22N4OS/c1-3-4-8-11-20-12-17-19-16(20)22-13(2)15(21)18-14-9-6-5-7-10-14/h5-7,9-10,12-13H,3-4,8,11H2,1-2H3,(H,18,21)/t13-/m0/s1. The van der Waals surface area contributed by atoms with Gasteiger partial charge in [0.2, 0.25) is 5.91 Å². The molecule has 0 aliphatic rings. The van der Waals surface area contributed by atoms with Crippen LogP contribution in [0.5, 0.6) is 0 Å². The molecule has 0 radical (unpaired) electrons. The Morgan fingerprint density at radius 3 is 2.82 bits per heavy atom. The summed E-state index contributed by atoms with van der Waals surface area (Å²) >= 11 is 1.44. The second-order valence-electron chi connectivity index (χ2n) is 5.13. The van der Waals surface area contributed by atoms with Gasteiger partial charge in [-0.3, -0.25) is 4.79 Å². The molecule has 2 aromatic rings. The van der Waals surface area contributed by atoms with E-state index in [9.17, 15) is 4.79 Å². The number of aryl methyl sites for hydroxylation is 1. The maximum Gasteiger partial charge on any atom is 0.237 e. The van der Waals surface area contributed by atoms with Crippen LogP contribution in [0.1, 0.15) is 33.1 Å². The molecule has 1 atom stereocenters. The van der Waals surface area contributed by atoms with Crippen LogP contribution in [0.3, 0.4) is 0 Å². The lowest BCUT2D eigenvalue weighted by molar-refractivity contribution is -0.115. The first-order valence-corrected chi connectivity index (χ1v) is 8.49. The molecule has 0 saturated carbocycles. The number of para-hydroxylation sites is 1. The van der Waals surface area contributed by atoms with Gasteiger partial charge in [-0.15, -0.1) is 10.2 Å². The fourth-order valence-electron chi connectivity index (χ4n) is 2.00. The van der Waals surface area contributed by atoms with E-state index in [4.69, 9.17) is 0 Å². The third-order valence-corrected chi connectivity index (χ3v) is 4.37. The highest BCUT2D eigenvalue weighted by atomic mass is 32.2. The van der Waals surface area contributed by atoms with Crippen LogP contribution in [0.25, 0.3) is 0 Å². The van der Waals surface area contributed by atoms with Gasteiger partial charge in [-0.1, -0.05) is 49.7 Å². The molecule has 118 valence electrons. The molecule has 0 aliphatic carbocycles. The number of thioether (sulfide) groups is 1. The number of aromatic nitrogens is 3. The second-order valence-corrected chi connectivity index (χ2v) is 6.44. The molecule has 1 N–H and O–H groups in total. The largest absolute Gasteiger partial charge is 0.325 e. The van der Waals surface area contributed by atoms with Gasteiger partial charge in [-0.25, -0.2) is 0 Å². The van der Waals surface area contributed by atoms with E-state index < -0.39 is 0 Å². The molecule has 0 fully saturated rings. The summed E-state index contributed by atoms with van der Waals surface area (Å²) in [5.41, 5.74) is 0.810. The van der Waals surface area contributed by atoms with Crippen molar-refractivity contribution in [2.75, 3.05) is 5.32 Å². The van der Waals surface area contributed by atoms with E-state index in [2.05, 4.69) is 22.4 Å². The van der Waals surface area contributed by atoms with Crippen molar-refractivity contribution >= 4 is 23.4 Å². The molecule has 1 amide bonds. The average molecular weight is 318 g/mol. The Balaban J connectivity index is 1.90. The van der Waals surface area contributed by atoms with E-state index in [1.54, 1.807) is 6.33 Å². The number of unbranched alkanes of at least 4 members (excludes halogenated alkanes) is 2. The van der Waals surface area contributed by atoms with E-state index in [-0.39, 0.29) is 11.2 Å². The third kappa shape index (κ3) is 4.87. The average Bonchev–Trinajstić information content (AvgIpc) is 2.96. The molecule has 1 aromatic carbocycles. The Labute approximate surface area is 135 Å². The van der Waals surface area contributed by atoms with Gasteiger partial charge in [0, 0.05) is 12.2 Å². The number of anilines is 1. The lowest BCUT2D eigenvalue weighted by Gasteiger charge is -2.12. The normalized spacial score (nSPS) is 12.1. The molecule has 2 rings (SSSR count). The van der Waals surface area contributed by atoms with Crippen molar-refractivity contribution < 1.29 is 4.79 Å². The van der Waals surface area contributed by atoms with Crippen LogP contribution in [0, 0.1) is 0 Å². The minimum absolute atomic E-state index is 0.0284. The quantitative estimate of drug-likeness (QED) is 0.597. The van der Waals surface area contributed by atoms with Crippen molar-refractivity contribution in [3.05, 3.63) is 36.7 Å². The van der Waals surface area contributed by atoms with Crippen molar-refractivity contribution in [2.45, 2.75) is 50.1 Å². The summed E-state index contributed by atoms with van der Waals surface area (Å²) in [4.78, 5) is 12.2. The predicted octanol–water partition coefficient (Wildman–Crippen LogP) is 3.59. The maximum absolute atomic E-state index is 12.2. The number of carbonyl (C=O) groups excluding carboxylic acids is 1. The minimum atomic E-state index is -0.227. The summed E-state index contributed by atoms with van der Waals surface area (Å²) in [6.07, 6.45) is 5.21. The van der Waals surface area contributed by atoms with Crippen molar-refractivity contribution in [1.82, 2.24) is 14.8 Å². The molecule has 22 heavy (non-hydrogen) atoms. The van der Waals surface area contributed by atoms with Crippen LogP contribution in [0.4, 0.5) is 5.69 Å². The second kappa shape index (κ2) is 8.58. The number of hydrogen-bond donors (Lipinski definition) is 1. The number of amides is 1. The summed E-state index contributed by atoms with van der Waals surface area (Å²) in [5, 5.41) is 11.6. The van der Waals surface area contributed by atoms with Gasteiger partial charge in [0.25, 0.3) is 0 Å². The SMILES string of the molecule is CCCCCn1cnnc1S[C@@H](C)C(=O)Nc1ccccc1. The Morgan fingerprint density at radius 2 is 2.09 bits per heavy atom. The summed E-state index contributed by atoms with van der Waals surface area (Å²) in [6.45, 7) is 4.96. The highest BCUT2D eigenvalue weighted by Crippen LogP contribution is 2.22. The number of benzene rings is 1. The fraction of sp³-hybridized carbons (Fsp3) is 0.438. The van der Waals surface area contributed by atoms with Crippen LogP contribution in [-0.2, 0) is 11.3 Å². The molecule has 0 aliphatic heterocycles. The summed E-state index contributed by atoms with van der Waals surface area (Å²) < 4.78 is 2.02. The zero-order valence-corrected chi connectivity index (χ0v) is 13.8. The number of nitrogens with zero attached hydrogens (tertiary/aromatic N) is 3. The van der Waals surface area contributed by atoms with Gasteiger partial charge in [0.1, 0.15) is 6.33 Å². The lowest BCUT2D eigenvalue weighted by Crippen LogP contribution is -2.22. The van der Waals surface area contributed by atoms with E-state index in [0.717, 1.165) is 23.8 Å². The minimum Gasteiger partial charge on any atom is -0.325 e. The number of rotatable bonds is 8. The van der Waals surface area contributed by atoms with Crippen molar-refractivity contribution in [1.29, 1.82) is 0 Å². The van der Waals surface area contributed by atoms with Gasteiger partial charge in [-0.2, -0.15) is 0 Å². The van der Waals surface area contributed by atoms with E-state index in [0.29, 0.717) is 0 Å². The van der Waals surface area contributed by atoms with Crippen LogP contribution in [0.2, 0.25) is 0 Å². The monoisotopic (exact) mass is 318 g/mol. The lowest BCUT2D eigenvalue weighted by atomic mass is 10.2. The van der Waals surface area contributed by atoms with Crippen molar-refractivity contribution in [2.24, 2.45) is 0 Å². The maximum atomic E-state index is 12.2. The van der Waals surface area contributed by atoms with Gasteiger partial charge in [-0.05, 0) is 25.5 Å². The summed E-state index contributed by atoms with van der Waals surface area (Å²) in [5.74, 6) is -0.0284. The van der Waals surface area contributed by atoms with E-state index in [1.807, 2.05) is 41.8 Å². The Kier molecular flexibility index (Phi) is 6.45. The fourth-order valence-corrected chi connectivity index (χ4v) is 2.85. The Morgan fingerprint density at radius 1 is 1.32 bits per heavy atom. The first-order chi connectivity index (χ1) is 10.7. The van der Waals surface area contributed by atoms with Gasteiger partial charge < -0.3 is 9.88 Å². The predicted molar refractivity (Wildman–Crippen MR) is 89.9 cm³/mol. The molecule has 0 bridgehead atoms. The Hall–Kier alpha value is -1.82. The van der Waals surface area contributed by atoms with Crippen molar-refractivity contribution in [3.63, 3.8) is 0 Å². The topological polar surface area (TPSA) is 59.8 Å². The third-order valence-electron chi connectivity index (χ3n) is 3.28. The molecular formula is C16H22N4OS. The summed E-state index contributed by atoms with van der Waals surface area (Å²) in [7, 11) is 0. The van der Waals surface area contributed by atoms with E-state index >= 15 is 0 Å². The van der Waals surface area contributed by atoms with Crippen LogP contribution >= 0.6 is 11.8 Å². The zero-order chi connectivity index (χ0) is 15.8. The van der Waals surface area contributed by atoms with Crippen LogP contribution < -0.4 is 5.32 Å². The Bertz CT molecular complexity index is 585. The summed E-state index contributed by atoms with van der Waals surface area (Å²) in [6, 6.07) is 9.48. The number of hydrogen-bond acceptors (Lipinski definition) is 4. The molecule has 1 aromatic heterocycles. The molecule has 5 nitrogen and oxygen atoms in total. The van der Waals surface area contributed by atoms with Crippen LogP contribution in [-0.4, -0.2) is 25.9 Å². The zero-order valence-electron chi connectivity index (χ0n) is 13.0. The van der Waals surface area contributed by atoms with E-state index in [1.165, 1.54) is 24.6 Å². The van der Waals surface area contributed by atoms with Crippen LogP contribution in [0.15, 0.2) is 41.8 Å². The highest BCUT2D eigenvalue weighted by molar-refractivity contribution is 8.00. The van der Waals surface area contributed by atoms with Crippen molar-refractivity contribution in [3.8, 4) is 0 Å². The first kappa shape index (κ1) is 16.5. The molecule has 1 heterocycles. The number of carbonyl (C=O) groups is 1. The smallest absolute Gasteiger partial charge is 0.237 e. The van der Waals surface area contributed by atoms with Gasteiger partial charge >= 0.3 is 0 Å². The molecule has 6 heteroatoms. The van der Waals surface area contributed by atoms with Gasteiger partial charge in [0.15, 0.2) is 5.16 Å². The molecular weight excluding hydrogens is 296 g/mol.